The molecule has 1 aromatic heterocycles. The number of pyridine rings is 1. The number of aryl methyl sites for hydroxylation is 2. The molecule has 2 N–H and O–H groups in total. The molecule has 0 unspecified atom stereocenters. The summed E-state index contributed by atoms with van der Waals surface area (Å²) in [6, 6.07) is 4.77. The molecule has 3 fully saturated rings. The number of aromatic nitrogens is 1. The molecule has 3 amide bonds. The first kappa shape index (κ1) is 47.9. The number of ether oxygens (including phenoxy) is 3. The maximum absolute atomic E-state index is 15.0. The van der Waals surface area contributed by atoms with Gasteiger partial charge in [-0.05, 0) is 122 Å². The topological polar surface area (TPSA) is 180 Å². The zero-order valence-electron chi connectivity index (χ0n) is 39.6. The van der Waals surface area contributed by atoms with Gasteiger partial charge in [0.05, 0.1) is 35.5 Å². The van der Waals surface area contributed by atoms with Crippen LogP contribution >= 0.6 is 0 Å². The second-order valence-corrected chi connectivity index (χ2v) is 28.8. The Balaban J connectivity index is 1.18. The van der Waals surface area contributed by atoms with E-state index in [4.69, 9.17) is 23.6 Å². The molecule has 1 aromatic carbocycles. The second-order valence-electron chi connectivity index (χ2n) is 21.8. The van der Waals surface area contributed by atoms with Crippen molar-refractivity contribution in [1.29, 1.82) is 0 Å². The molecule has 0 radical (unpaired) electrons. The van der Waals surface area contributed by atoms with Crippen LogP contribution in [-0.4, -0.2) is 97.6 Å². The summed E-state index contributed by atoms with van der Waals surface area (Å²) in [5, 5.41) is 3.97. The predicted octanol–water partition coefficient (Wildman–Crippen LogP) is 7.35. The average Bonchev–Trinajstić information content (AvgIpc) is 4.09. The molecular weight excluding hydrogens is 853 g/mol. The van der Waals surface area contributed by atoms with Gasteiger partial charge in [0.15, 0.2) is 8.32 Å². The highest BCUT2D eigenvalue weighted by Gasteiger charge is 2.64. The second kappa shape index (κ2) is 17.3. The first-order valence-corrected chi connectivity index (χ1v) is 27.6. The van der Waals surface area contributed by atoms with Gasteiger partial charge in [-0.15, -0.1) is 0 Å². The number of hydrogen-bond donors (Lipinski definition) is 2. The molecule has 7 rings (SSSR count). The number of amides is 3. The lowest BCUT2D eigenvalue weighted by atomic mass is 9.87. The maximum Gasteiger partial charge on any atom is 0.307 e. The van der Waals surface area contributed by atoms with Gasteiger partial charge in [-0.3, -0.25) is 23.9 Å². The van der Waals surface area contributed by atoms with E-state index in [1.807, 2.05) is 37.3 Å². The number of nitrogens with one attached hydrogen (secondary N) is 2. The predicted molar refractivity (Wildman–Crippen MR) is 247 cm³/mol. The number of rotatable bonds is 10. The zero-order valence-corrected chi connectivity index (χ0v) is 41.4. The van der Waals surface area contributed by atoms with Gasteiger partial charge in [0.1, 0.15) is 40.9 Å². The summed E-state index contributed by atoms with van der Waals surface area (Å²) in [4.78, 5) is 63.7. The summed E-state index contributed by atoms with van der Waals surface area (Å²) < 4.78 is 53.1. The van der Waals surface area contributed by atoms with Crippen molar-refractivity contribution in [2.75, 3.05) is 19.8 Å². The molecular formula is C48H70N4O10SSi. The van der Waals surface area contributed by atoms with E-state index >= 15 is 0 Å². The van der Waals surface area contributed by atoms with Crippen molar-refractivity contribution in [3.8, 4) is 11.5 Å². The van der Waals surface area contributed by atoms with Crippen LogP contribution in [0.25, 0.3) is 10.9 Å². The summed E-state index contributed by atoms with van der Waals surface area (Å²) in [6.07, 6.45) is 9.45. The lowest BCUT2D eigenvalue weighted by molar-refractivity contribution is -0.159. The Morgan fingerprint density at radius 2 is 1.77 bits per heavy atom. The third-order valence-electron chi connectivity index (χ3n) is 14.5. The Bertz CT molecular complexity index is 2320. The Hall–Kier alpha value is -4.02. The summed E-state index contributed by atoms with van der Waals surface area (Å²) in [7, 11) is -5.93. The number of nitrogens with zero attached hydrogens (tertiary/aromatic N) is 2. The van der Waals surface area contributed by atoms with E-state index in [0.717, 1.165) is 29.3 Å². The standard InChI is InChI=1S/C48H70N4O10SSi/c1-31-40-35(36-27-34(18-19-37(36)49-31)59-24-25-60-64(9,10)45(5,6)7)20-21-47(62-40)29-38-41(54)50-48(43(56)51-63(57,58)46(8)22-23-46)28-33(48)17-15-13-11-12-14-16-32(42(55)52(38)30-47)26-39(53)61-44(2,3)4/h15,17-19,27,32-33,38H,11-14,16,20-26,28-30H2,1-10H3,(H,50,54)(H,51,56)/b17-15-/t32-,33-,38+,47-,48-/m1/s1. The molecule has 2 aromatic rings. The molecule has 1 spiro atoms. The van der Waals surface area contributed by atoms with Crippen LogP contribution in [0.3, 0.4) is 0 Å². The van der Waals surface area contributed by atoms with E-state index in [0.29, 0.717) is 75.4 Å². The number of sulfonamides is 1. The first-order chi connectivity index (χ1) is 29.8. The minimum atomic E-state index is -4.00. The first-order valence-electron chi connectivity index (χ1n) is 23.2. The molecule has 352 valence electrons. The molecule has 14 nitrogen and oxygen atoms in total. The van der Waals surface area contributed by atoms with Crippen LogP contribution in [0.1, 0.15) is 130 Å². The van der Waals surface area contributed by atoms with Crippen molar-refractivity contribution in [2.24, 2.45) is 11.8 Å². The van der Waals surface area contributed by atoms with Crippen LogP contribution < -0.4 is 19.5 Å². The molecule has 2 aliphatic carbocycles. The third kappa shape index (κ3) is 10.0. The fourth-order valence-corrected chi connectivity index (χ4v) is 11.5. The number of esters is 1. The van der Waals surface area contributed by atoms with Crippen molar-refractivity contribution >= 4 is 52.9 Å². The number of benzene rings is 1. The van der Waals surface area contributed by atoms with E-state index in [1.54, 1.807) is 27.7 Å². The average molecular weight is 923 g/mol. The summed E-state index contributed by atoms with van der Waals surface area (Å²) >= 11 is 0. The van der Waals surface area contributed by atoms with Crippen LogP contribution in [0.5, 0.6) is 11.5 Å². The van der Waals surface area contributed by atoms with Gasteiger partial charge >= 0.3 is 5.97 Å². The minimum absolute atomic E-state index is 0.0678. The highest BCUT2D eigenvalue weighted by Crippen LogP contribution is 2.49. The van der Waals surface area contributed by atoms with Crippen LogP contribution in [0, 0.1) is 18.8 Å². The van der Waals surface area contributed by atoms with Crippen molar-refractivity contribution in [2.45, 2.75) is 178 Å². The van der Waals surface area contributed by atoms with Crippen LogP contribution in [0.4, 0.5) is 0 Å². The summed E-state index contributed by atoms with van der Waals surface area (Å²) in [5.74, 6) is -2.09. The number of fused-ring (bicyclic) bond motifs is 5. The summed E-state index contributed by atoms with van der Waals surface area (Å²) in [5.41, 5.74) is -0.818. The number of allylic oxidation sites excluding steroid dienone is 1. The monoisotopic (exact) mass is 922 g/mol. The van der Waals surface area contributed by atoms with Gasteiger partial charge in [0.2, 0.25) is 21.8 Å². The molecule has 16 heteroatoms. The van der Waals surface area contributed by atoms with Crippen molar-refractivity contribution in [3.05, 3.63) is 41.6 Å². The van der Waals surface area contributed by atoms with Crippen molar-refractivity contribution in [3.63, 3.8) is 0 Å². The Labute approximate surface area is 380 Å². The Morgan fingerprint density at radius 1 is 1.03 bits per heavy atom. The van der Waals surface area contributed by atoms with Gasteiger partial charge < -0.3 is 28.9 Å². The van der Waals surface area contributed by atoms with Crippen LogP contribution in [-0.2, 0) is 44.8 Å². The molecule has 5 aliphatic rings. The van der Waals surface area contributed by atoms with Gasteiger partial charge in [-0.25, -0.2) is 13.4 Å². The van der Waals surface area contributed by atoms with Crippen LogP contribution in [0.2, 0.25) is 18.1 Å². The number of hydrogen-bond acceptors (Lipinski definition) is 11. The lowest BCUT2D eigenvalue weighted by Gasteiger charge is -2.37. The zero-order chi connectivity index (χ0) is 46.7. The molecule has 4 heterocycles. The van der Waals surface area contributed by atoms with E-state index < -0.39 is 75.5 Å². The molecule has 2 saturated carbocycles. The Morgan fingerprint density at radius 3 is 2.45 bits per heavy atom. The van der Waals surface area contributed by atoms with Gasteiger partial charge in [-0.2, -0.15) is 0 Å². The maximum atomic E-state index is 15.0. The van der Waals surface area contributed by atoms with Gasteiger partial charge in [0.25, 0.3) is 5.91 Å². The minimum Gasteiger partial charge on any atom is -0.491 e. The molecule has 3 aliphatic heterocycles. The fraction of sp³-hybridized carbons (Fsp3) is 0.688. The largest absolute Gasteiger partial charge is 0.491 e. The molecule has 1 saturated heterocycles. The number of carbonyl (C=O) groups is 4. The van der Waals surface area contributed by atoms with E-state index in [-0.39, 0.29) is 36.8 Å². The fourth-order valence-electron chi connectivity index (χ4n) is 9.15. The highest BCUT2D eigenvalue weighted by atomic mass is 32.2. The van der Waals surface area contributed by atoms with Crippen molar-refractivity contribution in [1.82, 2.24) is 19.9 Å². The highest BCUT2D eigenvalue weighted by molar-refractivity contribution is 7.91. The van der Waals surface area contributed by atoms with E-state index in [2.05, 4.69) is 43.9 Å². The van der Waals surface area contributed by atoms with Gasteiger partial charge in [-0.1, -0.05) is 45.8 Å². The SMILES string of the molecule is Cc1nc2ccc(OCCO[Si](C)(C)C(C)(C)C)cc2c2c1O[C@]1(CC2)C[C@H]2C(=O)N[C@]3(C(=O)NS(=O)(=O)C4(C)CC4)C[C@H]3/C=C\CCCCC[C@H](CC(=O)OC(C)(C)C)C(=O)N2C1. The number of carbonyl (C=O) groups excluding carboxylic acids is 4. The lowest BCUT2D eigenvalue weighted by Crippen LogP contribution is -2.57. The Kier molecular flexibility index (Phi) is 13.0. The van der Waals surface area contributed by atoms with Crippen molar-refractivity contribution < 1.29 is 46.2 Å². The quantitative estimate of drug-likeness (QED) is 0.105. The molecule has 0 bridgehead atoms. The van der Waals surface area contributed by atoms with Gasteiger partial charge in [0, 0.05) is 29.2 Å². The summed E-state index contributed by atoms with van der Waals surface area (Å²) in [6.45, 7) is 20.9. The normalized spacial score (nSPS) is 27.8. The van der Waals surface area contributed by atoms with Crippen LogP contribution in [0.15, 0.2) is 30.4 Å². The molecule has 64 heavy (non-hydrogen) atoms. The smallest absolute Gasteiger partial charge is 0.307 e. The van der Waals surface area contributed by atoms with E-state index in [1.165, 1.54) is 4.90 Å². The molecule has 5 atom stereocenters. The van der Waals surface area contributed by atoms with E-state index in [9.17, 15) is 27.6 Å². The third-order valence-corrected chi connectivity index (χ3v) is 21.2.